The van der Waals surface area contributed by atoms with Crippen molar-refractivity contribution in [3.05, 3.63) is 58.6 Å². The maximum atomic E-state index is 12.3. The van der Waals surface area contributed by atoms with Crippen LogP contribution in [0.15, 0.2) is 42.5 Å². The van der Waals surface area contributed by atoms with Crippen LogP contribution in [0, 0.1) is 5.92 Å². The van der Waals surface area contributed by atoms with Crippen LogP contribution >= 0.6 is 11.6 Å². The first-order chi connectivity index (χ1) is 13.0. The van der Waals surface area contributed by atoms with E-state index in [1.54, 1.807) is 7.11 Å². The Morgan fingerprint density at radius 2 is 1.93 bits per heavy atom. The topological polar surface area (TPSA) is 84.9 Å². The second-order valence-electron chi connectivity index (χ2n) is 6.39. The first-order valence-electron chi connectivity index (χ1n) is 8.57. The summed E-state index contributed by atoms with van der Waals surface area (Å²) in [5.74, 6) is -0.348. The van der Waals surface area contributed by atoms with Crippen molar-refractivity contribution in [3.63, 3.8) is 0 Å². The number of amides is 1. The highest BCUT2D eigenvalue weighted by Gasteiger charge is 2.33. The van der Waals surface area contributed by atoms with E-state index in [1.165, 1.54) is 18.2 Å². The van der Waals surface area contributed by atoms with Crippen molar-refractivity contribution in [3.8, 4) is 11.5 Å². The van der Waals surface area contributed by atoms with Gasteiger partial charge in [0.15, 0.2) is 6.61 Å². The minimum Gasteiger partial charge on any atom is -0.507 e. The molecule has 1 fully saturated rings. The van der Waals surface area contributed by atoms with Crippen molar-refractivity contribution in [1.29, 1.82) is 0 Å². The molecule has 0 bridgehead atoms. The predicted molar refractivity (Wildman–Crippen MR) is 100 cm³/mol. The average Bonchev–Trinajstić information content (AvgIpc) is 3.51. The summed E-state index contributed by atoms with van der Waals surface area (Å²) in [4.78, 5) is 24.3. The van der Waals surface area contributed by atoms with Crippen molar-refractivity contribution in [2.45, 2.75) is 18.9 Å². The van der Waals surface area contributed by atoms with Gasteiger partial charge in [-0.25, -0.2) is 4.79 Å². The highest BCUT2D eigenvalue weighted by Crippen LogP contribution is 2.41. The zero-order valence-corrected chi connectivity index (χ0v) is 15.5. The Labute approximate surface area is 162 Å². The van der Waals surface area contributed by atoms with Crippen LogP contribution in [0.3, 0.4) is 0 Å². The van der Waals surface area contributed by atoms with Crippen molar-refractivity contribution < 1.29 is 24.2 Å². The highest BCUT2D eigenvalue weighted by molar-refractivity contribution is 6.31. The van der Waals surface area contributed by atoms with Crippen LogP contribution in [-0.2, 0) is 9.53 Å². The lowest BCUT2D eigenvalue weighted by Crippen LogP contribution is -2.33. The van der Waals surface area contributed by atoms with Crippen LogP contribution in [0.5, 0.6) is 11.5 Å². The maximum Gasteiger partial charge on any atom is 0.342 e. The smallest absolute Gasteiger partial charge is 0.342 e. The standard InChI is InChI=1S/C20H20ClNO5/c1-26-15-7-4-13(5-8-15)19(12-2-3-12)22-18(24)11-27-20(25)16-10-14(21)6-9-17(16)23/h4-10,12,19,23H,2-3,11H2,1H3,(H,22,24). The third-order valence-corrected chi connectivity index (χ3v) is 4.63. The zero-order chi connectivity index (χ0) is 19.4. The molecule has 142 valence electrons. The van der Waals surface area contributed by atoms with Gasteiger partial charge in [-0.1, -0.05) is 23.7 Å². The van der Waals surface area contributed by atoms with Gasteiger partial charge < -0.3 is 19.9 Å². The fraction of sp³-hybridized carbons (Fsp3) is 0.300. The third kappa shape index (κ3) is 4.92. The van der Waals surface area contributed by atoms with Gasteiger partial charge in [0.05, 0.1) is 13.2 Å². The van der Waals surface area contributed by atoms with Gasteiger partial charge >= 0.3 is 5.97 Å². The Bertz CT molecular complexity index is 833. The fourth-order valence-corrected chi connectivity index (χ4v) is 2.98. The maximum absolute atomic E-state index is 12.3. The molecular weight excluding hydrogens is 370 g/mol. The molecule has 0 radical (unpaired) electrons. The van der Waals surface area contributed by atoms with E-state index in [-0.39, 0.29) is 22.4 Å². The number of phenols is 1. The molecule has 27 heavy (non-hydrogen) atoms. The Morgan fingerprint density at radius 3 is 2.56 bits per heavy atom. The molecule has 2 aromatic rings. The number of esters is 1. The minimum atomic E-state index is -0.808. The molecule has 1 aliphatic rings. The van der Waals surface area contributed by atoms with Crippen LogP contribution in [0.4, 0.5) is 0 Å². The number of rotatable bonds is 7. The minimum absolute atomic E-state index is 0.0794. The number of carbonyl (C=O) groups is 2. The monoisotopic (exact) mass is 389 g/mol. The van der Waals surface area contributed by atoms with E-state index >= 15 is 0 Å². The second-order valence-corrected chi connectivity index (χ2v) is 6.83. The third-order valence-electron chi connectivity index (χ3n) is 4.40. The molecule has 0 heterocycles. The summed E-state index contributed by atoms with van der Waals surface area (Å²) < 4.78 is 10.2. The van der Waals surface area contributed by atoms with Gasteiger partial charge in [0.25, 0.3) is 5.91 Å². The molecule has 0 saturated heterocycles. The molecule has 0 aromatic heterocycles. The van der Waals surface area contributed by atoms with E-state index in [2.05, 4.69) is 5.32 Å². The molecule has 1 amide bonds. The SMILES string of the molecule is COc1ccc(C(NC(=O)COC(=O)c2cc(Cl)ccc2O)C2CC2)cc1. The van der Waals surface area contributed by atoms with E-state index in [0.717, 1.165) is 24.2 Å². The van der Waals surface area contributed by atoms with Crippen molar-refractivity contribution in [2.75, 3.05) is 13.7 Å². The lowest BCUT2D eigenvalue weighted by atomic mass is 10.0. The van der Waals surface area contributed by atoms with E-state index in [4.69, 9.17) is 21.1 Å². The zero-order valence-electron chi connectivity index (χ0n) is 14.8. The Morgan fingerprint density at radius 1 is 1.22 bits per heavy atom. The van der Waals surface area contributed by atoms with Gasteiger partial charge in [-0.2, -0.15) is 0 Å². The molecule has 1 aliphatic carbocycles. The summed E-state index contributed by atoms with van der Waals surface area (Å²) in [7, 11) is 1.60. The lowest BCUT2D eigenvalue weighted by Gasteiger charge is -2.19. The van der Waals surface area contributed by atoms with Crippen LogP contribution < -0.4 is 10.1 Å². The van der Waals surface area contributed by atoms with Gasteiger partial charge in [0.1, 0.15) is 17.1 Å². The Kier molecular flexibility index (Phi) is 5.86. The largest absolute Gasteiger partial charge is 0.507 e. The summed E-state index contributed by atoms with van der Waals surface area (Å²) in [6, 6.07) is 11.4. The summed E-state index contributed by atoms with van der Waals surface area (Å²) in [5, 5.41) is 12.9. The van der Waals surface area contributed by atoms with E-state index < -0.39 is 18.5 Å². The van der Waals surface area contributed by atoms with E-state index in [9.17, 15) is 14.7 Å². The van der Waals surface area contributed by atoms with Crippen LogP contribution in [0.2, 0.25) is 5.02 Å². The van der Waals surface area contributed by atoms with Crippen molar-refractivity contribution in [2.24, 2.45) is 5.92 Å². The summed E-state index contributed by atoms with van der Waals surface area (Å²) in [5.41, 5.74) is 0.898. The van der Waals surface area contributed by atoms with Gasteiger partial charge in [-0.3, -0.25) is 4.79 Å². The summed E-state index contributed by atoms with van der Waals surface area (Å²) >= 11 is 5.82. The number of hydrogen-bond donors (Lipinski definition) is 2. The molecule has 3 rings (SSSR count). The first kappa shape index (κ1) is 19.0. The molecule has 1 atom stereocenters. The molecule has 2 N–H and O–H groups in total. The number of methoxy groups -OCH3 is 1. The second kappa shape index (κ2) is 8.31. The molecule has 0 spiro atoms. The number of halogens is 1. The van der Waals surface area contributed by atoms with Gasteiger partial charge in [0.2, 0.25) is 0 Å². The molecule has 6 nitrogen and oxygen atoms in total. The molecule has 1 unspecified atom stereocenters. The quantitative estimate of drug-likeness (QED) is 0.708. The Balaban J connectivity index is 1.59. The van der Waals surface area contributed by atoms with Crippen LogP contribution in [0.25, 0.3) is 0 Å². The van der Waals surface area contributed by atoms with Crippen molar-refractivity contribution in [1.82, 2.24) is 5.32 Å². The van der Waals surface area contributed by atoms with E-state index in [1.807, 2.05) is 24.3 Å². The predicted octanol–water partition coefficient (Wildman–Crippen LogP) is 3.48. The van der Waals surface area contributed by atoms with Gasteiger partial charge in [-0.05, 0) is 54.7 Å². The molecule has 7 heteroatoms. The van der Waals surface area contributed by atoms with Gasteiger partial charge in [-0.15, -0.1) is 0 Å². The number of nitrogens with one attached hydrogen (secondary N) is 1. The lowest BCUT2D eigenvalue weighted by molar-refractivity contribution is -0.125. The first-order valence-corrected chi connectivity index (χ1v) is 8.94. The molecule has 1 saturated carbocycles. The van der Waals surface area contributed by atoms with Crippen LogP contribution in [-0.4, -0.2) is 30.7 Å². The average molecular weight is 390 g/mol. The van der Waals surface area contributed by atoms with Crippen molar-refractivity contribution >= 4 is 23.5 Å². The van der Waals surface area contributed by atoms with Crippen LogP contribution in [0.1, 0.15) is 34.8 Å². The molecular formula is C20H20ClNO5. The summed E-state index contributed by atoms with van der Waals surface area (Å²) in [6.45, 7) is -0.440. The highest BCUT2D eigenvalue weighted by atomic mass is 35.5. The molecule has 0 aliphatic heterocycles. The number of benzene rings is 2. The fourth-order valence-electron chi connectivity index (χ4n) is 2.81. The number of carbonyl (C=O) groups excluding carboxylic acids is 2. The number of aromatic hydroxyl groups is 1. The number of phenolic OH excluding ortho intramolecular Hbond substituents is 1. The molecule has 2 aromatic carbocycles. The Hall–Kier alpha value is -2.73. The van der Waals surface area contributed by atoms with E-state index in [0.29, 0.717) is 5.92 Å². The summed E-state index contributed by atoms with van der Waals surface area (Å²) in [6.07, 6.45) is 2.07. The van der Waals surface area contributed by atoms with Gasteiger partial charge in [0, 0.05) is 5.02 Å². The number of ether oxygens (including phenoxy) is 2. The normalized spacial score (nSPS) is 14.3. The number of hydrogen-bond acceptors (Lipinski definition) is 5.